The fourth-order valence-corrected chi connectivity index (χ4v) is 6.29. The number of benzene rings is 4. The summed E-state index contributed by atoms with van der Waals surface area (Å²) in [5.41, 5.74) is 6.23. The summed E-state index contributed by atoms with van der Waals surface area (Å²) in [6.07, 6.45) is 11.4. The molecule has 4 rings (SSSR count). The average molecular weight is 826 g/mol. The van der Waals surface area contributed by atoms with Gasteiger partial charge in [-0.05, 0) is 110 Å². The number of aliphatic imine (C=N–C) groups is 2. The van der Waals surface area contributed by atoms with Crippen LogP contribution in [0.1, 0.15) is 136 Å². The summed E-state index contributed by atoms with van der Waals surface area (Å²) in [6, 6.07) is 23.3. The maximum absolute atomic E-state index is 11.4. The number of carbonyl (C=O) groups is 2. The number of unbranched alkanes of at least 4 members (excludes halogenated alkanes) is 4. The van der Waals surface area contributed by atoms with E-state index in [9.17, 15) is 30.0 Å². The number of phenolic OH excluding ortho intramolecular Hbond substituents is 2. The maximum atomic E-state index is 11.4. The average Bonchev–Trinajstić information content (AvgIpc) is 3.20. The van der Waals surface area contributed by atoms with Gasteiger partial charge in [0.05, 0.1) is 33.9 Å². The van der Waals surface area contributed by atoms with Crippen molar-refractivity contribution in [3.63, 3.8) is 0 Å². The summed E-state index contributed by atoms with van der Waals surface area (Å²) < 4.78 is 0. The van der Waals surface area contributed by atoms with Crippen LogP contribution in [0.4, 0.5) is 11.4 Å². The minimum Gasteiger partial charge on any atom is -0.869 e. The number of aromatic hydroxyl groups is 2. The molecule has 0 fully saturated rings. The smallest absolute Gasteiger partial charge is 0.869 e. The molecule has 0 spiro atoms. The van der Waals surface area contributed by atoms with Gasteiger partial charge in [-0.3, -0.25) is 9.98 Å². The van der Waals surface area contributed by atoms with Crippen LogP contribution in [0, 0.1) is 0 Å². The Hall–Kier alpha value is -5.15. The van der Waals surface area contributed by atoms with Crippen molar-refractivity contribution in [2.75, 3.05) is 0 Å². The largest absolute Gasteiger partial charge is 2.00 e. The number of para-hydroxylation sites is 2. The van der Waals surface area contributed by atoms with Gasteiger partial charge in [0.15, 0.2) is 0 Å². The molecule has 310 valence electrons. The molecule has 0 aromatic heterocycles. The number of carboxylic acid groups (broad SMARTS) is 2. The molecule has 4 aromatic rings. The number of aryl methyl sites for hydroxylation is 2. The van der Waals surface area contributed by atoms with Crippen LogP contribution in [0.5, 0.6) is 23.0 Å². The first-order valence-corrected chi connectivity index (χ1v) is 19.7. The Morgan fingerprint density at radius 1 is 0.544 bits per heavy atom. The van der Waals surface area contributed by atoms with E-state index in [0.29, 0.717) is 47.9 Å². The van der Waals surface area contributed by atoms with E-state index < -0.39 is 34.9 Å². The van der Waals surface area contributed by atoms with Crippen LogP contribution in [0.15, 0.2) is 82.8 Å². The molecule has 11 heteroatoms. The van der Waals surface area contributed by atoms with Crippen LogP contribution in [0.2, 0.25) is 0 Å². The molecule has 0 atom stereocenters. The van der Waals surface area contributed by atoms with E-state index in [0.717, 1.165) is 42.1 Å². The number of hydrogen-bond acceptors (Lipinski definition) is 8. The van der Waals surface area contributed by atoms with Crippen molar-refractivity contribution in [2.45, 2.75) is 119 Å². The zero-order valence-corrected chi connectivity index (χ0v) is 35.0. The van der Waals surface area contributed by atoms with Gasteiger partial charge in [0.25, 0.3) is 0 Å². The Labute approximate surface area is 348 Å². The zero-order chi connectivity index (χ0) is 41.6. The Balaban J connectivity index is 0.000000452. The van der Waals surface area contributed by atoms with Crippen molar-refractivity contribution < 1.29 is 56.7 Å². The molecule has 0 aliphatic carbocycles. The molecule has 0 aliphatic rings. The van der Waals surface area contributed by atoms with E-state index in [1.54, 1.807) is 13.8 Å². The fraction of sp³-hybridized carbons (Fsp3) is 0.391. The van der Waals surface area contributed by atoms with Gasteiger partial charge >= 0.3 is 28.4 Å². The number of aromatic carboxylic acids is 2. The predicted molar refractivity (Wildman–Crippen MR) is 222 cm³/mol. The van der Waals surface area contributed by atoms with Crippen molar-refractivity contribution in [3.8, 4) is 23.0 Å². The molecule has 57 heavy (non-hydrogen) atoms. The van der Waals surface area contributed by atoms with Gasteiger partial charge in [-0.2, -0.15) is 0 Å². The first-order chi connectivity index (χ1) is 26.9. The summed E-state index contributed by atoms with van der Waals surface area (Å²) in [7, 11) is 0. The quantitative estimate of drug-likeness (QED) is 0.0460. The first kappa shape index (κ1) is 49.9. The maximum Gasteiger partial charge on any atom is 2.00 e. The van der Waals surface area contributed by atoms with Gasteiger partial charge in [0, 0.05) is 0 Å². The van der Waals surface area contributed by atoms with E-state index >= 15 is 0 Å². The number of rotatable bonds is 17. The second-order valence-corrected chi connectivity index (χ2v) is 13.2. The van der Waals surface area contributed by atoms with Crippen molar-refractivity contribution in [1.82, 2.24) is 0 Å². The second kappa shape index (κ2) is 26.7. The van der Waals surface area contributed by atoms with Crippen molar-refractivity contribution in [2.24, 2.45) is 9.98 Å². The van der Waals surface area contributed by atoms with Crippen molar-refractivity contribution in [3.05, 3.63) is 106 Å². The van der Waals surface area contributed by atoms with E-state index in [1.807, 2.05) is 50.2 Å². The monoisotopic (exact) mass is 824 g/mol. The molecule has 0 saturated heterocycles. The van der Waals surface area contributed by atoms with Gasteiger partial charge in [-0.15, -0.1) is 0 Å². The molecular weight excluding hydrogens is 767 g/mol. The summed E-state index contributed by atoms with van der Waals surface area (Å²) in [6.45, 7) is 11.8. The third-order valence-electron chi connectivity index (χ3n) is 9.22. The Morgan fingerprint density at radius 3 is 1.23 bits per heavy atom. The summed E-state index contributed by atoms with van der Waals surface area (Å²) in [5.74, 6) is -5.11. The van der Waals surface area contributed by atoms with E-state index in [1.165, 1.54) is 44.2 Å². The van der Waals surface area contributed by atoms with Gasteiger partial charge in [-0.1, -0.05) is 115 Å². The number of nitrogens with zero attached hydrogens (tertiary/aromatic N) is 2. The predicted octanol–water partition coefficient (Wildman–Crippen LogP) is 10.3. The molecule has 4 aromatic carbocycles. The molecule has 0 radical (unpaired) electrons. The summed E-state index contributed by atoms with van der Waals surface area (Å²) in [4.78, 5) is 31.8. The summed E-state index contributed by atoms with van der Waals surface area (Å²) >= 11 is 0. The Morgan fingerprint density at radius 2 is 0.912 bits per heavy atom. The van der Waals surface area contributed by atoms with Crippen molar-refractivity contribution in [1.29, 1.82) is 0 Å². The molecule has 10 nitrogen and oxygen atoms in total. The van der Waals surface area contributed by atoms with E-state index in [-0.39, 0.29) is 27.6 Å². The van der Waals surface area contributed by atoms with Crippen LogP contribution < -0.4 is 10.2 Å². The van der Waals surface area contributed by atoms with Gasteiger partial charge in [0.2, 0.25) is 0 Å². The van der Waals surface area contributed by atoms with E-state index in [4.69, 9.17) is 20.2 Å². The number of hydrogen-bond donors (Lipinski definition) is 4. The van der Waals surface area contributed by atoms with Crippen LogP contribution in [-0.2, 0) is 42.2 Å². The Bertz CT molecular complexity index is 1830. The minimum atomic E-state index is -1.28. The van der Waals surface area contributed by atoms with Crippen LogP contribution >= 0.6 is 0 Å². The minimum absolute atomic E-state index is 0. The zero-order valence-electron chi connectivity index (χ0n) is 34.0. The van der Waals surface area contributed by atoms with Crippen LogP contribution in [0.25, 0.3) is 0 Å². The van der Waals surface area contributed by atoms with Crippen LogP contribution in [-0.4, -0.2) is 43.8 Å². The molecule has 0 saturated carbocycles. The topological polar surface area (TPSA) is 186 Å². The SMILES string of the molecule is CCCCCCC(=Nc1ccccc1)C(CCCC)=Nc1ccccc1.CCc1cc(O)c([O-])c(C(=O)O)c1CC.CCc1cc(O)c([O-])c(C(=O)O)c1CC.[Ni+2]. The number of phenols is 2. The molecule has 0 amide bonds. The second-order valence-electron chi connectivity index (χ2n) is 13.2. The van der Waals surface area contributed by atoms with E-state index in [2.05, 4.69) is 38.1 Å². The molecular formula is C46H58N2NiO8. The van der Waals surface area contributed by atoms with Gasteiger partial charge in [0.1, 0.15) is 11.5 Å². The standard InChI is InChI=1S/C24H32N2.2C11H14O4.Ni/c1-3-5-7-14-20-24(26-22-17-12-9-13-18-22)23(19-6-4-2)25-21-15-10-8-11-16-21;2*1-3-6-5-8(12)10(13)9(11(14)15)7(6)4-2;/h8-13,15-18H,3-7,14,19-20H2,1-2H3;2*5,12-13H,3-4H2,1-2H3,(H,14,15);/q;;;+2/p-2. The van der Waals surface area contributed by atoms with Gasteiger partial charge < -0.3 is 30.6 Å². The molecule has 0 bridgehead atoms. The fourth-order valence-electron chi connectivity index (χ4n) is 6.29. The third-order valence-corrected chi connectivity index (χ3v) is 9.22. The molecule has 4 N–H and O–H groups in total. The molecule has 0 aliphatic heterocycles. The Kier molecular flexibility index (Phi) is 23.3. The number of carboxylic acids is 2. The first-order valence-electron chi connectivity index (χ1n) is 19.7. The normalized spacial score (nSPS) is 11.1. The van der Waals surface area contributed by atoms with Gasteiger partial charge in [-0.25, -0.2) is 9.59 Å². The summed E-state index contributed by atoms with van der Waals surface area (Å²) in [5, 5.41) is 59.3. The van der Waals surface area contributed by atoms with Crippen LogP contribution in [0.3, 0.4) is 0 Å². The third kappa shape index (κ3) is 15.4. The molecule has 0 unspecified atom stereocenters. The van der Waals surface area contributed by atoms with Crippen molar-refractivity contribution >= 4 is 34.7 Å². The molecule has 0 heterocycles.